The van der Waals surface area contributed by atoms with Gasteiger partial charge in [0.25, 0.3) is 12.9 Å². The Bertz CT molecular complexity index is 105. The van der Waals surface area contributed by atoms with Gasteiger partial charge in [0.1, 0.15) is 0 Å². The minimum absolute atomic E-state index is 0.250. The van der Waals surface area contributed by atoms with Crippen LogP contribution in [0.25, 0.3) is 0 Å². The van der Waals surface area contributed by atoms with Crippen LogP contribution in [0.4, 0.5) is 0 Å². The van der Waals surface area contributed by atoms with E-state index in [9.17, 15) is 4.79 Å². The number of carboxylic acid groups (broad SMARTS) is 3. The van der Waals surface area contributed by atoms with E-state index in [1.165, 1.54) is 0 Å². The molecule has 6 nitrogen and oxygen atoms in total. The Balaban J connectivity index is -0.000000115. The van der Waals surface area contributed by atoms with Gasteiger partial charge in [0.15, 0.2) is 0 Å². The highest BCUT2D eigenvalue weighted by Crippen LogP contribution is 1.82. The van der Waals surface area contributed by atoms with Crippen LogP contribution in [0, 0.1) is 0 Å². The molecule has 0 spiro atoms. The minimum Gasteiger partial charge on any atom is -0.483 e. The van der Waals surface area contributed by atoms with Crippen LogP contribution in [0.3, 0.4) is 0 Å². The van der Waals surface area contributed by atoms with Gasteiger partial charge in [0, 0.05) is 6.42 Å². The largest absolute Gasteiger partial charge is 0.483 e. The molecule has 0 aliphatic rings. The van der Waals surface area contributed by atoms with Crippen LogP contribution >= 0.6 is 0 Å². The lowest BCUT2D eigenvalue weighted by molar-refractivity contribution is -0.137. The predicted molar refractivity (Wildman–Crippen MR) is 39.9 cm³/mol. The van der Waals surface area contributed by atoms with Crippen LogP contribution in [0.1, 0.15) is 19.8 Å². The molecule has 0 radical (unpaired) electrons. The third-order valence-corrected chi connectivity index (χ3v) is 0.464. The summed E-state index contributed by atoms with van der Waals surface area (Å²) < 4.78 is 0. The van der Waals surface area contributed by atoms with Crippen molar-refractivity contribution in [1.29, 1.82) is 0 Å². The van der Waals surface area contributed by atoms with Gasteiger partial charge in [-0.15, -0.1) is 0 Å². The standard InChI is InChI=1S/C4H8O2.2CH2O2/c1-2-3-4(5)6;2*2-1-3/h2-3H2,1H3,(H,5,6);2*1H,(H,2,3). The molecule has 0 aliphatic carbocycles. The Kier molecular flexibility index (Phi) is 31.8. The lowest BCUT2D eigenvalue weighted by Gasteiger charge is -1.79. The van der Waals surface area contributed by atoms with E-state index in [1.54, 1.807) is 0 Å². The summed E-state index contributed by atoms with van der Waals surface area (Å²) in [6.07, 6.45) is 1.02. The molecule has 0 fully saturated rings. The van der Waals surface area contributed by atoms with Crippen LogP contribution in [0.5, 0.6) is 0 Å². The fourth-order valence-corrected chi connectivity index (χ4v) is 0.214. The Labute approximate surface area is 69.4 Å². The average Bonchev–Trinajstić information content (AvgIpc) is 1.89. The first-order valence-electron chi connectivity index (χ1n) is 2.98. The van der Waals surface area contributed by atoms with E-state index in [-0.39, 0.29) is 12.9 Å². The third kappa shape index (κ3) is 232. The molecule has 72 valence electrons. The van der Waals surface area contributed by atoms with Crippen molar-refractivity contribution in [2.24, 2.45) is 0 Å². The van der Waals surface area contributed by atoms with E-state index < -0.39 is 5.97 Å². The molecule has 0 aromatic rings. The first-order valence-corrected chi connectivity index (χ1v) is 2.98. The second kappa shape index (κ2) is 22.7. The highest BCUT2D eigenvalue weighted by molar-refractivity contribution is 5.66. The van der Waals surface area contributed by atoms with Crippen LogP contribution in [-0.2, 0) is 14.4 Å². The molecule has 0 unspecified atom stereocenters. The highest BCUT2D eigenvalue weighted by Gasteiger charge is 1.87. The molecular formula is C6H12O6. The summed E-state index contributed by atoms with van der Waals surface area (Å²) >= 11 is 0. The number of carbonyl (C=O) groups is 3. The summed E-state index contributed by atoms with van der Waals surface area (Å²) in [7, 11) is 0. The fourth-order valence-electron chi connectivity index (χ4n) is 0.214. The van der Waals surface area contributed by atoms with Gasteiger partial charge in [0.2, 0.25) is 0 Å². The molecule has 0 rings (SSSR count). The van der Waals surface area contributed by atoms with Gasteiger partial charge in [0.05, 0.1) is 0 Å². The van der Waals surface area contributed by atoms with E-state index in [4.69, 9.17) is 24.9 Å². The predicted octanol–water partition coefficient (Wildman–Crippen LogP) is 0.273. The number of hydrogen-bond donors (Lipinski definition) is 3. The van der Waals surface area contributed by atoms with E-state index in [0.29, 0.717) is 6.42 Å². The van der Waals surface area contributed by atoms with Gasteiger partial charge in [-0.2, -0.15) is 0 Å². The molecule has 0 saturated carbocycles. The topological polar surface area (TPSA) is 112 Å². The van der Waals surface area contributed by atoms with Crippen molar-refractivity contribution in [3.63, 3.8) is 0 Å². The Morgan fingerprint density at radius 1 is 1.25 bits per heavy atom. The quantitative estimate of drug-likeness (QED) is 0.526. The second-order valence-electron chi connectivity index (χ2n) is 1.35. The maximum atomic E-state index is 9.60. The molecule has 0 aromatic carbocycles. The van der Waals surface area contributed by atoms with E-state index in [0.717, 1.165) is 6.42 Å². The number of hydrogen-bond acceptors (Lipinski definition) is 3. The maximum absolute atomic E-state index is 9.60. The van der Waals surface area contributed by atoms with Gasteiger partial charge in [-0.05, 0) is 6.42 Å². The van der Waals surface area contributed by atoms with Gasteiger partial charge in [-0.25, -0.2) is 0 Å². The highest BCUT2D eigenvalue weighted by atomic mass is 16.4. The first kappa shape index (κ1) is 16.8. The molecule has 12 heavy (non-hydrogen) atoms. The molecular weight excluding hydrogens is 168 g/mol. The van der Waals surface area contributed by atoms with Crippen molar-refractivity contribution < 1.29 is 29.7 Å². The summed E-state index contributed by atoms with van der Waals surface area (Å²) in [5.41, 5.74) is 0. The Morgan fingerprint density at radius 2 is 1.50 bits per heavy atom. The maximum Gasteiger partial charge on any atom is 0.303 e. The summed E-state index contributed by atoms with van der Waals surface area (Å²) in [6, 6.07) is 0. The van der Waals surface area contributed by atoms with Gasteiger partial charge >= 0.3 is 5.97 Å². The zero-order valence-electron chi connectivity index (χ0n) is 6.64. The normalized spacial score (nSPS) is 6.08. The summed E-state index contributed by atoms with van der Waals surface area (Å²) in [5, 5.41) is 21.7. The molecule has 6 heteroatoms. The van der Waals surface area contributed by atoms with Gasteiger partial charge < -0.3 is 15.3 Å². The van der Waals surface area contributed by atoms with E-state index in [1.807, 2.05) is 6.92 Å². The molecule has 0 aromatic heterocycles. The second-order valence-corrected chi connectivity index (χ2v) is 1.35. The van der Waals surface area contributed by atoms with Crippen LogP contribution in [-0.4, -0.2) is 34.2 Å². The van der Waals surface area contributed by atoms with Gasteiger partial charge in [-0.1, -0.05) is 6.92 Å². The van der Waals surface area contributed by atoms with Crippen molar-refractivity contribution in [1.82, 2.24) is 0 Å². The Morgan fingerprint density at radius 3 is 1.50 bits per heavy atom. The van der Waals surface area contributed by atoms with Gasteiger partial charge in [-0.3, -0.25) is 14.4 Å². The third-order valence-electron chi connectivity index (χ3n) is 0.464. The fraction of sp³-hybridized carbons (Fsp3) is 0.500. The van der Waals surface area contributed by atoms with Crippen molar-refractivity contribution in [3.8, 4) is 0 Å². The minimum atomic E-state index is -0.711. The van der Waals surface area contributed by atoms with Crippen molar-refractivity contribution in [2.45, 2.75) is 19.8 Å². The Hall–Kier alpha value is -1.59. The zero-order valence-corrected chi connectivity index (χ0v) is 6.64. The molecule has 0 amide bonds. The van der Waals surface area contributed by atoms with E-state index >= 15 is 0 Å². The van der Waals surface area contributed by atoms with Crippen molar-refractivity contribution >= 4 is 18.9 Å². The molecule has 0 atom stereocenters. The van der Waals surface area contributed by atoms with Crippen LogP contribution in [0.2, 0.25) is 0 Å². The van der Waals surface area contributed by atoms with Crippen molar-refractivity contribution in [2.75, 3.05) is 0 Å². The number of rotatable bonds is 2. The molecule has 0 bridgehead atoms. The van der Waals surface area contributed by atoms with Crippen LogP contribution in [0.15, 0.2) is 0 Å². The first-order chi connectivity index (χ1) is 5.60. The van der Waals surface area contributed by atoms with E-state index in [2.05, 4.69) is 0 Å². The average molecular weight is 180 g/mol. The molecule has 0 saturated heterocycles. The number of aliphatic carboxylic acids is 1. The molecule has 0 heterocycles. The molecule has 0 aliphatic heterocycles. The summed E-state index contributed by atoms with van der Waals surface area (Å²) in [4.78, 5) is 26.3. The van der Waals surface area contributed by atoms with Crippen molar-refractivity contribution in [3.05, 3.63) is 0 Å². The monoisotopic (exact) mass is 180 g/mol. The lowest BCUT2D eigenvalue weighted by atomic mass is 10.4. The smallest absolute Gasteiger partial charge is 0.303 e. The molecule has 3 N–H and O–H groups in total. The zero-order chi connectivity index (χ0) is 10.4. The SMILES string of the molecule is CCCC(=O)O.O=CO.O=CO. The number of carboxylic acids is 1. The summed E-state index contributed by atoms with van der Waals surface area (Å²) in [6.45, 7) is 1.34. The van der Waals surface area contributed by atoms with Crippen LogP contribution < -0.4 is 0 Å². The summed E-state index contributed by atoms with van der Waals surface area (Å²) in [5.74, 6) is -0.711. The lowest BCUT2D eigenvalue weighted by Crippen LogP contribution is -1.90.